The maximum atomic E-state index is 12.0. The van der Waals surface area contributed by atoms with Crippen LogP contribution >= 0.6 is 0 Å². The molecule has 0 amide bonds. The molecule has 148 valence electrons. The van der Waals surface area contributed by atoms with E-state index < -0.39 is 0 Å². The third-order valence-corrected chi connectivity index (χ3v) is 4.66. The Morgan fingerprint density at radius 2 is 1.73 bits per heavy atom. The Kier molecular flexibility index (Phi) is 4.28. The predicted molar refractivity (Wildman–Crippen MR) is 112 cm³/mol. The highest BCUT2D eigenvalue weighted by Gasteiger charge is 2.13. The number of nitrogens with one attached hydrogen (secondary N) is 4. The minimum absolute atomic E-state index is 0.197. The molecule has 0 spiro atoms. The average molecular weight is 399 g/mol. The summed E-state index contributed by atoms with van der Waals surface area (Å²) in [5.41, 5.74) is 3.02. The smallest absolute Gasteiger partial charge is 0.271 e. The number of aromatic nitrogens is 8. The first kappa shape index (κ1) is 17.7. The number of H-pyrrole nitrogens is 3. The van der Waals surface area contributed by atoms with Crippen molar-refractivity contribution in [3.63, 3.8) is 0 Å². The molecule has 4 aromatic heterocycles. The zero-order chi connectivity index (χ0) is 20.5. The lowest BCUT2D eigenvalue weighted by Crippen LogP contribution is -2.04. The maximum absolute atomic E-state index is 12.0. The molecule has 10 heteroatoms. The van der Waals surface area contributed by atoms with E-state index in [4.69, 9.17) is 0 Å². The number of fused-ring (bicyclic) bond motifs is 1. The highest BCUT2D eigenvalue weighted by Crippen LogP contribution is 2.24. The van der Waals surface area contributed by atoms with E-state index in [-0.39, 0.29) is 5.56 Å². The van der Waals surface area contributed by atoms with E-state index in [0.717, 1.165) is 17.7 Å². The molecule has 0 unspecified atom stereocenters. The van der Waals surface area contributed by atoms with Gasteiger partial charge >= 0.3 is 0 Å². The Labute approximate surface area is 169 Å². The van der Waals surface area contributed by atoms with Gasteiger partial charge in [0.1, 0.15) is 0 Å². The molecule has 0 atom stereocenters. The molecule has 30 heavy (non-hydrogen) atoms. The molecule has 0 aliphatic carbocycles. The maximum Gasteiger partial charge on any atom is 0.271 e. The molecule has 0 saturated heterocycles. The fourth-order valence-corrected chi connectivity index (χ4v) is 3.08. The summed E-state index contributed by atoms with van der Waals surface area (Å²) in [6.07, 6.45) is 4.20. The fraction of sp³-hybridized carbons (Fsp3) is 0.100. The molecule has 0 bridgehead atoms. The molecule has 0 radical (unpaired) electrons. The number of hydrogen-bond acceptors (Lipinski definition) is 7. The second kappa shape index (κ2) is 7.24. The van der Waals surface area contributed by atoms with E-state index in [2.05, 4.69) is 45.6 Å². The number of nitrogens with zero attached hydrogens (tertiary/aromatic N) is 5. The van der Waals surface area contributed by atoms with Gasteiger partial charge in [-0.3, -0.25) is 25.1 Å². The van der Waals surface area contributed by atoms with Crippen molar-refractivity contribution in [3.8, 4) is 22.8 Å². The van der Waals surface area contributed by atoms with Crippen molar-refractivity contribution >= 4 is 22.7 Å². The molecule has 0 saturated carbocycles. The second-order valence-corrected chi connectivity index (χ2v) is 6.64. The van der Waals surface area contributed by atoms with Gasteiger partial charge < -0.3 is 5.32 Å². The van der Waals surface area contributed by atoms with Crippen LogP contribution in [0.2, 0.25) is 0 Å². The van der Waals surface area contributed by atoms with Gasteiger partial charge in [0, 0.05) is 35.3 Å². The lowest BCUT2D eigenvalue weighted by Gasteiger charge is -2.08. The first-order chi connectivity index (χ1) is 14.7. The second-order valence-electron chi connectivity index (χ2n) is 6.64. The van der Waals surface area contributed by atoms with Crippen LogP contribution in [-0.2, 0) is 6.42 Å². The quantitative estimate of drug-likeness (QED) is 0.356. The fourth-order valence-electron chi connectivity index (χ4n) is 3.08. The molecular formula is C20H17N9O. The molecule has 1 aromatic carbocycles. The molecule has 4 heterocycles. The van der Waals surface area contributed by atoms with Gasteiger partial charge in [0.05, 0.1) is 10.9 Å². The predicted octanol–water partition coefficient (Wildman–Crippen LogP) is 2.80. The molecule has 0 aliphatic rings. The van der Waals surface area contributed by atoms with Crippen LogP contribution < -0.4 is 10.9 Å². The number of pyridine rings is 1. The SMILES string of the molecule is CCc1cc(Nc2nc(-c3ccncc3)nc(-c3ccc4[nH][nH]c(=O)c4c3)n2)n[nH]1. The largest absolute Gasteiger partial charge is 0.307 e. The summed E-state index contributed by atoms with van der Waals surface area (Å²) in [6, 6.07) is 11.0. The topological polar surface area (TPSA) is 141 Å². The standard InChI is InChI=1S/C20H17N9O/c1-2-13-10-16(28-26-13)22-20-24-17(11-5-7-21-8-6-11)23-18(25-20)12-3-4-15-14(9-12)19(30)29-27-15/h3-10H,2H2,1H3,(H2,27,29,30)(H2,22,23,24,25,26,28). The van der Waals surface area contributed by atoms with Crippen LogP contribution in [0.3, 0.4) is 0 Å². The lowest BCUT2D eigenvalue weighted by atomic mass is 10.1. The number of aryl methyl sites for hydroxylation is 1. The zero-order valence-electron chi connectivity index (χ0n) is 16.0. The van der Waals surface area contributed by atoms with Crippen molar-refractivity contribution in [2.45, 2.75) is 13.3 Å². The first-order valence-corrected chi connectivity index (χ1v) is 9.38. The van der Waals surface area contributed by atoms with E-state index in [0.29, 0.717) is 39.9 Å². The lowest BCUT2D eigenvalue weighted by molar-refractivity contribution is 0.973. The van der Waals surface area contributed by atoms with Crippen LogP contribution in [0.1, 0.15) is 12.6 Å². The van der Waals surface area contributed by atoms with E-state index in [9.17, 15) is 4.79 Å². The van der Waals surface area contributed by atoms with E-state index in [1.54, 1.807) is 18.5 Å². The van der Waals surface area contributed by atoms with Crippen molar-refractivity contribution < 1.29 is 0 Å². The van der Waals surface area contributed by atoms with Crippen molar-refractivity contribution in [1.82, 2.24) is 40.3 Å². The number of benzene rings is 1. The van der Waals surface area contributed by atoms with Gasteiger partial charge in [0.25, 0.3) is 5.56 Å². The summed E-state index contributed by atoms with van der Waals surface area (Å²) in [4.78, 5) is 29.8. The summed E-state index contributed by atoms with van der Waals surface area (Å²) in [5.74, 6) is 1.89. The molecule has 5 rings (SSSR count). The third-order valence-electron chi connectivity index (χ3n) is 4.66. The Morgan fingerprint density at radius 1 is 0.933 bits per heavy atom. The summed E-state index contributed by atoms with van der Waals surface area (Å²) >= 11 is 0. The summed E-state index contributed by atoms with van der Waals surface area (Å²) in [5, 5.41) is 16.3. The molecule has 0 aliphatic heterocycles. The van der Waals surface area contributed by atoms with Crippen LogP contribution in [0.5, 0.6) is 0 Å². The van der Waals surface area contributed by atoms with Crippen LogP contribution in [0.25, 0.3) is 33.7 Å². The first-order valence-electron chi connectivity index (χ1n) is 9.38. The Bertz CT molecular complexity index is 1380. The summed E-state index contributed by atoms with van der Waals surface area (Å²) in [6.45, 7) is 2.04. The van der Waals surface area contributed by atoms with Gasteiger partial charge in [-0.1, -0.05) is 6.92 Å². The van der Waals surface area contributed by atoms with Crippen LogP contribution in [0, 0.1) is 0 Å². The number of aromatic amines is 3. The van der Waals surface area contributed by atoms with Crippen molar-refractivity contribution in [2.24, 2.45) is 0 Å². The Morgan fingerprint density at radius 3 is 2.50 bits per heavy atom. The van der Waals surface area contributed by atoms with Crippen molar-refractivity contribution in [1.29, 1.82) is 0 Å². The molecule has 5 aromatic rings. The number of rotatable bonds is 5. The van der Waals surface area contributed by atoms with Gasteiger partial charge in [0.2, 0.25) is 5.95 Å². The minimum atomic E-state index is -0.197. The van der Waals surface area contributed by atoms with E-state index in [1.165, 1.54) is 0 Å². The number of hydrogen-bond donors (Lipinski definition) is 4. The molecule has 10 nitrogen and oxygen atoms in total. The van der Waals surface area contributed by atoms with E-state index >= 15 is 0 Å². The highest BCUT2D eigenvalue weighted by molar-refractivity contribution is 5.83. The van der Waals surface area contributed by atoms with Crippen molar-refractivity contribution in [3.05, 3.63) is 64.8 Å². The normalized spacial score (nSPS) is 11.1. The summed E-state index contributed by atoms with van der Waals surface area (Å²) < 4.78 is 0. The Hall–Kier alpha value is -4.34. The molecular weight excluding hydrogens is 382 g/mol. The third kappa shape index (κ3) is 3.30. The van der Waals surface area contributed by atoms with Crippen LogP contribution in [0.15, 0.2) is 53.6 Å². The minimum Gasteiger partial charge on any atom is -0.307 e. The Balaban J connectivity index is 1.63. The number of anilines is 2. The van der Waals surface area contributed by atoms with Crippen LogP contribution in [-0.4, -0.2) is 40.3 Å². The average Bonchev–Trinajstić information content (AvgIpc) is 3.40. The van der Waals surface area contributed by atoms with Gasteiger partial charge in [-0.25, -0.2) is 4.98 Å². The van der Waals surface area contributed by atoms with Crippen molar-refractivity contribution in [2.75, 3.05) is 5.32 Å². The van der Waals surface area contributed by atoms with Gasteiger partial charge in [-0.05, 0) is 36.8 Å². The van der Waals surface area contributed by atoms with Crippen LogP contribution in [0.4, 0.5) is 11.8 Å². The zero-order valence-corrected chi connectivity index (χ0v) is 16.0. The van der Waals surface area contributed by atoms with E-state index in [1.807, 2.05) is 37.3 Å². The van der Waals surface area contributed by atoms with Gasteiger partial charge in [-0.2, -0.15) is 15.1 Å². The monoisotopic (exact) mass is 399 g/mol. The molecule has 4 N–H and O–H groups in total. The van der Waals surface area contributed by atoms with Gasteiger partial charge in [-0.15, -0.1) is 0 Å². The van der Waals surface area contributed by atoms with Gasteiger partial charge in [0.15, 0.2) is 17.5 Å². The highest BCUT2D eigenvalue weighted by atomic mass is 16.1. The molecule has 0 fully saturated rings. The summed E-state index contributed by atoms with van der Waals surface area (Å²) in [7, 11) is 0.